The van der Waals surface area contributed by atoms with E-state index in [4.69, 9.17) is 0 Å². The third kappa shape index (κ3) is 4.71. The van der Waals surface area contributed by atoms with Crippen LogP contribution in [0, 0.1) is 20.8 Å². The molecular weight excluding hydrogens is 254 g/mol. The monoisotopic (exact) mass is 281 g/mol. The quantitative estimate of drug-likeness (QED) is 0.829. The summed E-state index contributed by atoms with van der Waals surface area (Å²) in [5, 5.41) is 3.63. The molecule has 0 saturated heterocycles. The highest BCUT2D eigenvalue weighted by Crippen LogP contribution is 2.14. The summed E-state index contributed by atoms with van der Waals surface area (Å²) in [6.45, 7) is 9.73. The summed E-state index contributed by atoms with van der Waals surface area (Å²) >= 11 is 0. The van der Waals surface area contributed by atoms with Crippen molar-refractivity contribution in [1.29, 1.82) is 0 Å². The van der Waals surface area contributed by atoms with Crippen molar-refractivity contribution >= 4 is 0 Å². The second-order valence-corrected chi connectivity index (χ2v) is 6.07. The first-order valence-corrected chi connectivity index (χ1v) is 7.93. The van der Waals surface area contributed by atoms with Crippen molar-refractivity contribution in [3.8, 4) is 0 Å². The number of benzene rings is 2. The van der Waals surface area contributed by atoms with E-state index in [9.17, 15) is 0 Å². The van der Waals surface area contributed by atoms with Gasteiger partial charge in [0.05, 0.1) is 0 Å². The van der Waals surface area contributed by atoms with Crippen molar-refractivity contribution < 1.29 is 0 Å². The molecule has 0 heterocycles. The number of hydrogen-bond acceptors (Lipinski definition) is 1. The van der Waals surface area contributed by atoms with E-state index in [1.807, 2.05) is 0 Å². The van der Waals surface area contributed by atoms with E-state index in [1.54, 1.807) is 0 Å². The van der Waals surface area contributed by atoms with Crippen LogP contribution >= 0.6 is 0 Å². The summed E-state index contributed by atoms with van der Waals surface area (Å²) < 4.78 is 0. The van der Waals surface area contributed by atoms with Crippen molar-refractivity contribution in [3.05, 3.63) is 70.3 Å². The van der Waals surface area contributed by atoms with Crippen LogP contribution in [0.25, 0.3) is 0 Å². The van der Waals surface area contributed by atoms with Gasteiger partial charge in [-0.1, -0.05) is 55.0 Å². The Kier molecular flexibility index (Phi) is 5.58. The lowest BCUT2D eigenvalue weighted by Gasteiger charge is -2.19. The Bertz CT molecular complexity index is 586. The maximum atomic E-state index is 3.63. The van der Waals surface area contributed by atoms with E-state index in [0.717, 1.165) is 19.4 Å². The van der Waals surface area contributed by atoms with Gasteiger partial charge in [0.2, 0.25) is 0 Å². The van der Waals surface area contributed by atoms with Crippen molar-refractivity contribution in [2.75, 3.05) is 6.54 Å². The minimum absolute atomic E-state index is 0.499. The van der Waals surface area contributed by atoms with E-state index in [-0.39, 0.29) is 0 Å². The average molecular weight is 281 g/mol. The molecule has 0 spiro atoms. The summed E-state index contributed by atoms with van der Waals surface area (Å²) in [5.74, 6) is 0. The predicted molar refractivity (Wildman–Crippen MR) is 92.0 cm³/mol. The number of nitrogens with one attached hydrogen (secondary N) is 1. The van der Waals surface area contributed by atoms with Crippen LogP contribution in [-0.2, 0) is 12.8 Å². The van der Waals surface area contributed by atoms with Crippen LogP contribution in [0.4, 0.5) is 0 Å². The van der Waals surface area contributed by atoms with E-state index in [1.165, 1.54) is 27.8 Å². The lowest BCUT2D eigenvalue weighted by atomic mass is 9.96. The molecule has 0 amide bonds. The van der Waals surface area contributed by atoms with Gasteiger partial charge in [0.1, 0.15) is 0 Å². The maximum Gasteiger partial charge on any atom is 0.0148 e. The fourth-order valence-corrected chi connectivity index (χ4v) is 2.84. The van der Waals surface area contributed by atoms with Crippen molar-refractivity contribution in [2.24, 2.45) is 0 Å². The molecule has 2 rings (SSSR count). The van der Waals surface area contributed by atoms with Crippen molar-refractivity contribution in [3.63, 3.8) is 0 Å². The topological polar surface area (TPSA) is 12.0 Å². The highest BCUT2D eigenvalue weighted by atomic mass is 14.9. The molecule has 21 heavy (non-hydrogen) atoms. The van der Waals surface area contributed by atoms with Gasteiger partial charge in [-0.3, -0.25) is 0 Å². The summed E-state index contributed by atoms with van der Waals surface area (Å²) in [6, 6.07) is 16.2. The number of rotatable bonds is 6. The fraction of sp³-hybridized carbons (Fsp3) is 0.400. The number of likely N-dealkylation sites (N-methyl/N-ethyl adjacent to an activating group) is 1. The van der Waals surface area contributed by atoms with Crippen molar-refractivity contribution in [2.45, 2.75) is 46.6 Å². The Morgan fingerprint density at radius 2 is 1.57 bits per heavy atom. The van der Waals surface area contributed by atoms with E-state index in [0.29, 0.717) is 6.04 Å². The highest BCUT2D eigenvalue weighted by Gasteiger charge is 2.10. The molecule has 1 atom stereocenters. The van der Waals surface area contributed by atoms with Gasteiger partial charge in [0.25, 0.3) is 0 Å². The first-order chi connectivity index (χ1) is 10.1. The van der Waals surface area contributed by atoms with Crippen LogP contribution < -0.4 is 5.32 Å². The van der Waals surface area contributed by atoms with Gasteiger partial charge in [-0.05, 0) is 62.4 Å². The molecule has 2 aromatic carbocycles. The molecule has 1 N–H and O–H groups in total. The van der Waals surface area contributed by atoms with Crippen LogP contribution in [0.15, 0.2) is 42.5 Å². The minimum Gasteiger partial charge on any atom is -0.314 e. The van der Waals surface area contributed by atoms with E-state index < -0.39 is 0 Å². The third-order valence-electron chi connectivity index (χ3n) is 4.11. The first kappa shape index (κ1) is 15.8. The van der Waals surface area contributed by atoms with Crippen LogP contribution in [0.2, 0.25) is 0 Å². The lowest BCUT2D eigenvalue weighted by molar-refractivity contribution is 0.521. The third-order valence-corrected chi connectivity index (χ3v) is 4.11. The molecule has 0 aliphatic rings. The zero-order valence-corrected chi connectivity index (χ0v) is 13.7. The summed E-state index contributed by atoms with van der Waals surface area (Å²) in [5.41, 5.74) is 6.95. The van der Waals surface area contributed by atoms with Crippen LogP contribution in [-0.4, -0.2) is 12.6 Å². The molecule has 0 fully saturated rings. The zero-order chi connectivity index (χ0) is 15.2. The molecular formula is C20H27N. The molecule has 0 bridgehead atoms. The number of hydrogen-bond donors (Lipinski definition) is 1. The largest absolute Gasteiger partial charge is 0.314 e. The minimum atomic E-state index is 0.499. The molecule has 0 aliphatic carbocycles. The molecule has 1 nitrogen and oxygen atoms in total. The Balaban J connectivity index is 2.09. The standard InChI is InChI=1S/C20H27N/c1-5-21-20(13-18-8-6-7-15(2)11-18)14-19-10-9-16(3)17(4)12-19/h6-12,20-21H,5,13-14H2,1-4H3. The fourth-order valence-electron chi connectivity index (χ4n) is 2.84. The van der Waals surface area contributed by atoms with Gasteiger partial charge >= 0.3 is 0 Å². The van der Waals surface area contributed by atoms with Gasteiger partial charge < -0.3 is 5.32 Å². The Labute approximate surface area is 129 Å². The van der Waals surface area contributed by atoms with Crippen LogP contribution in [0.1, 0.15) is 34.7 Å². The lowest BCUT2D eigenvalue weighted by Crippen LogP contribution is -2.33. The SMILES string of the molecule is CCNC(Cc1cccc(C)c1)Cc1ccc(C)c(C)c1. The predicted octanol–water partition coefficient (Wildman–Crippen LogP) is 4.38. The summed E-state index contributed by atoms with van der Waals surface area (Å²) in [4.78, 5) is 0. The van der Waals surface area contributed by atoms with Crippen molar-refractivity contribution in [1.82, 2.24) is 5.32 Å². The summed E-state index contributed by atoms with van der Waals surface area (Å²) in [7, 11) is 0. The van der Waals surface area contributed by atoms with E-state index in [2.05, 4.69) is 75.5 Å². The average Bonchev–Trinajstić information content (AvgIpc) is 2.43. The molecule has 1 heteroatoms. The molecule has 0 aliphatic heterocycles. The first-order valence-electron chi connectivity index (χ1n) is 7.93. The summed E-state index contributed by atoms with van der Waals surface area (Å²) in [6.07, 6.45) is 2.17. The van der Waals surface area contributed by atoms with Gasteiger partial charge in [0.15, 0.2) is 0 Å². The molecule has 2 aromatic rings. The normalized spacial score (nSPS) is 12.4. The highest BCUT2D eigenvalue weighted by molar-refractivity contribution is 5.31. The van der Waals surface area contributed by atoms with Gasteiger partial charge in [-0.25, -0.2) is 0 Å². The second kappa shape index (κ2) is 7.42. The second-order valence-electron chi connectivity index (χ2n) is 6.07. The smallest absolute Gasteiger partial charge is 0.0148 e. The Morgan fingerprint density at radius 3 is 2.19 bits per heavy atom. The van der Waals surface area contributed by atoms with Crippen LogP contribution in [0.3, 0.4) is 0 Å². The molecule has 0 radical (unpaired) electrons. The molecule has 112 valence electrons. The molecule has 0 aromatic heterocycles. The van der Waals surface area contributed by atoms with Gasteiger partial charge in [0, 0.05) is 6.04 Å². The maximum absolute atomic E-state index is 3.63. The molecule has 0 saturated carbocycles. The van der Waals surface area contributed by atoms with Gasteiger partial charge in [-0.2, -0.15) is 0 Å². The Hall–Kier alpha value is -1.60. The Morgan fingerprint density at radius 1 is 0.857 bits per heavy atom. The van der Waals surface area contributed by atoms with Gasteiger partial charge in [-0.15, -0.1) is 0 Å². The van der Waals surface area contributed by atoms with E-state index >= 15 is 0 Å². The zero-order valence-electron chi connectivity index (χ0n) is 13.7. The van der Waals surface area contributed by atoms with Crippen LogP contribution in [0.5, 0.6) is 0 Å². The number of aryl methyl sites for hydroxylation is 3. The molecule has 1 unspecified atom stereocenters.